The maximum absolute atomic E-state index is 12.9. The summed E-state index contributed by atoms with van der Waals surface area (Å²) in [5.74, 6) is -0.675. The van der Waals surface area contributed by atoms with Crippen molar-refractivity contribution in [1.82, 2.24) is 0 Å². The maximum atomic E-state index is 12.9. The number of hydrogen-bond acceptors (Lipinski definition) is 4. The minimum Gasteiger partial charge on any atom is -0.445 e. The van der Waals surface area contributed by atoms with Gasteiger partial charge in [-0.1, -0.05) is 69.3 Å². The second kappa shape index (κ2) is 7.91. The quantitative estimate of drug-likeness (QED) is 0.833. The van der Waals surface area contributed by atoms with Crippen molar-refractivity contribution < 1.29 is 17.9 Å². The minimum atomic E-state index is -3.65. The molecular formula is C20H25NO4S. The summed E-state index contributed by atoms with van der Waals surface area (Å²) in [7, 11) is -3.65. The molecule has 5 nitrogen and oxygen atoms in total. The van der Waals surface area contributed by atoms with Crippen molar-refractivity contribution in [3.8, 4) is 0 Å². The Morgan fingerprint density at radius 1 is 1.00 bits per heavy atom. The number of amides is 1. The fourth-order valence-corrected chi connectivity index (χ4v) is 4.68. The molecule has 0 aliphatic rings. The lowest BCUT2D eigenvalue weighted by Gasteiger charge is -2.36. The van der Waals surface area contributed by atoms with Crippen LogP contribution in [0.15, 0.2) is 65.6 Å². The van der Waals surface area contributed by atoms with Gasteiger partial charge in [0.05, 0.1) is 10.6 Å². The van der Waals surface area contributed by atoms with Crippen molar-refractivity contribution in [3.05, 3.63) is 66.2 Å². The lowest BCUT2D eigenvalue weighted by molar-refractivity contribution is 0.0717. The van der Waals surface area contributed by atoms with Crippen LogP contribution in [0.2, 0.25) is 0 Å². The first-order valence-electron chi connectivity index (χ1n) is 8.40. The first kappa shape index (κ1) is 20.0. The zero-order chi connectivity index (χ0) is 19.4. The van der Waals surface area contributed by atoms with E-state index in [0.717, 1.165) is 5.56 Å². The van der Waals surface area contributed by atoms with E-state index in [-0.39, 0.29) is 22.0 Å². The van der Waals surface area contributed by atoms with Crippen LogP contribution < -0.4 is 5.73 Å². The largest absolute Gasteiger partial charge is 0.445 e. The van der Waals surface area contributed by atoms with E-state index in [1.54, 1.807) is 18.2 Å². The number of primary amides is 1. The Bertz CT molecular complexity index is 827. The first-order chi connectivity index (χ1) is 12.1. The molecule has 2 aromatic carbocycles. The fourth-order valence-electron chi connectivity index (χ4n) is 3.22. The molecule has 2 unspecified atom stereocenters. The average Bonchev–Trinajstić information content (AvgIpc) is 2.54. The zero-order valence-corrected chi connectivity index (χ0v) is 16.1. The lowest BCUT2D eigenvalue weighted by Crippen LogP contribution is -2.39. The van der Waals surface area contributed by atoms with Gasteiger partial charge in [-0.3, -0.25) is 0 Å². The van der Waals surface area contributed by atoms with Crippen molar-refractivity contribution in [2.45, 2.75) is 37.7 Å². The van der Waals surface area contributed by atoms with E-state index >= 15 is 0 Å². The summed E-state index contributed by atoms with van der Waals surface area (Å²) < 4.78 is 31.0. The van der Waals surface area contributed by atoms with Crippen LogP contribution in [0.1, 0.15) is 32.3 Å². The van der Waals surface area contributed by atoms with Crippen LogP contribution in [0.4, 0.5) is 4.79 Å². The molecule has 0 saturated heterocycles. The third-order valence-corrected chi connectivity index (χ3v) is 5.97. The van der Waals surface area contributed by atoms with Gasteiger partial charge in [0.15, 0.2) is 9.84 Å². The van der Waals surface area contributed by atoms with E-state index in [9.17, 15) is 13.2 Å². The highest BCUT2D eigenvalue weighted by Gasteiger charge is 2.38. The lowest BCUT2D eigenvalue weighted by atomic mass is 9.73. The van der Waals surface area contributed by atoms with Gasteiger partial charge in [-0.15, -0.1) is 0 Å². The summed E-state index contributed by atoms with van der Waals surface area (Å²) in [6.45, 7) is 5.95. The molecule has 140 valence electrons. The molecule has 1 amide bonds. The molecule has 0 spiro atoms. The highest BCUT2D eigenvalue weighted by molar-refractivity contribution is 7.91. The van der Waals surface area contributed by atoms with E-state index in [4.69, 9.17) is 10.5 Å². The third kappa shape index (κ3) is 5.08. The SMILES string of the molecule is CC(C)(C)C(c1ccccc1)C(CS(=O)(=O)c1ccccc1)OC(N)=O. The standard InChI is InChI=1S/C20H25NO4S/c1-20(2,3)18(15-10-6-4-7-11-15)17(25-19(21)22)14-26(23,24)16-12-8-5-9-13-16/h4-13,17-18H,14H2,1-3H3,(H2,21,22). The summed E-state index contributed by atoms with van der Waals surface area (Å²) >= 11 is 0. The van der Waals surface area contributed by atoms with Crippen molar-refractivity contribution in [2.75, 3.05) is 5.75 Å². The predicted molar refractivity (Wildman–Crippen MR) is 102 cm³/mol. The number of carbonyl (C=O) groups excluding carboxylic acids is 1. The van der Waals surface area contributed by atoms with Gasteiger partial charge in [-0.05, 0) is 23.1 Å². The molecule has 2 rings (SSSR count). The molecule has 0 radical (unpaired) electrons. The van der Waals surface area contributed by atoms with Crippen molar-refractivity contribution in [1.29, 1.82) is 0 Å². The van der Waals surface area contributed by atoms with Gasteiger partial charge >= 0.3 is 6.09 Å². The van der Waals surface area contributed by atoms with Crippen LogP contribution in [-0.4, -0.2) is 26.4 Å². The Morgan fingerprint density at radius 3 is 1.96 bits per heavy atom. The topological polar surface area (TPSA) is 86.5 Å². The molecular weight excluding hydrogens is 350 g/mol. The van der Waals surface area contributed by atoms with Crippen molar-refractivity contribution >= 4 is 15.9 Å². The van der Waals surface area contributed by atoms with Gasteiger partial charge in [0.1, 0.15) is 6.10 Å². The molecule has 0 aliphatic carbocycles. The third-order valence-electron chi connectivity index (χ3n) is 4.22. The minimum absolute atomic E-state index is 0.193. The van der Waals surface area contributed by atoms with Crippen LogP contribution in [0, 0.1) is 5.41 Å². The van der Waals surface area contributed by atoms with E-state index in [2.05, 4.69) is 0 Å². The van der Waals surface area contributed by atoms with Crippen LogP contribution in [0.3, 0.4) is 0 Å². The average molecular weight is 375 g/mol. The fraction of sp³-hybridized carbons (Fsp3) is 0.350. The predicted octanol–water partition coefficient (Wildman–Crippen LogP) is 3.75. The monoisotopic (exact) mass is 375 g/mol. The molecule has 0 bridgehead atoms. The number of ether oxygens (including phenoxy) is 1. The van der Waals surface area contributed by atoms with Crippen molar-refractivity contribution in [2.24, 2.45) is 11.1 Å². The molecule has 0 aliphatic heterocycles. The molecule has 2 N–H and O–H groups in total. The Hall–Kier alpha value is -2.34. The normalized spacial score (nSPS) is 14.4. The molecule has 26 heavy (non-hydrogen) atoms. The molecule has 0 fully saturated rings. The van der Waals surface area contributed by atoms with Crippen LogP contribution in [-0.2, 0) is 14.6 Å². The Labute approximate surface area is 155 Å². The number of rotatable bonds is 6. The van der Waals surface area contributed by atoms with Crippen molar-refractivity contribution in [3.63, 3.8) is 0 Å². The summed E-state index contributed by atoms with van der Waals surface area (Å²) in [4.78, 5) is 11.7. The van der Waals surface area contributed by atoms with Gasteiger partial charge in [-0.25, -0.2) is 13.2 Å². The van der Waals surface area contributed by atoms with E-state index in [0.29, 0.717) is 0 Å². The Kier molecular flexibility index (Phi) is 6.08. The Balaban J connectivity index is 2.46. The molecule has 0 saturated carbocycles. The zero-order valence-electron chi connectivity index (χ0n) is 15.3. The molecule has 2 aromatic rings. The molecule has 0 aromatic heterocycles. The van der Waals surface area contributed by atoms with Gasteiger partial charge in [0.25, 0.3) is 0 Å². The number of carbonyl (C=O) groups is 1. The van der Waals surface area contributed by atoms with Gasteiger partial charge < -0.3 is 10.5 Å². The number of hydrogen-bond donors (Lipinski definition) is 1. The van der Waals surface area contributed by atoms with Crippen LogP contribution in [0.25, 0.3) is 0 Å². The highest BCUT2D eigenvalue weighted by Crippen LogP contribution is 2.40. The van der Waals surface area contributed by atoms with E-state index in [1.165, 1.54) is 12.1 Å². The smallest absolute Gasteiger partial charge is 0.404 e. The molecule has 0 heterocycles. The molecule has 2 atom stereocenters. The summed E-state index contributed by atoms with van der Waals surface area (Å²) in [5, 5.41) is 0. The van der Waals surface area contributed by atoms with Crippen LogP contribution in [0.5, 0.6) is 0 Å². The highest BCUT2D eigenvalue weighted by atomic mass is 32.2. The number of benzene rings is 2. The van der Waals surface area contributed by atoms with Gasteiger partial charge in [-0.2, -0.15) is 0 Å². The number of sulfone groups is 1. The maximum Gasteiger partial charge on any atom is 0.404 e. The van der Waals surface area contributed by atoms with E-state index < -0.39 is 22.0 Å². The number of nitrogens with two attached hydrogens (primary N) is 1. The second-order valence-corrected chi connectivity index (χ2v) is 9.36. The Morgan fingerprint density at radius 2 is 1.50 bits per heavy atom. The van der Waals surface area contributed by atoms with Crippen LogP contribution >= 0.6 is 0 Å². The summed E-state index contributed by atoms with van der Waals surface area (Å²) in [6.07, 6.45) is -1.89. The van der Waals surface area contributed by atoms with Gasteiger partial charge in [0.2, 0.25) is 0 Å². The molecule has 6 heteroatoms. The first-order valence-corrected chi connectivity index (χ1v) is 10.1. The summed E-state index contributed by atoms with van der Waals surface area (Å²) in [6, 6.07) is 17.6. The second-order valence-electron chi connectivity index (χ2n) is 7.32. The van der Waals surface area contributed by atoms with E-state index in [1.807, 2.05) is 51.1 Å². The van der Waals surface area contributed by atoms with Gasteiger partial charge in [0, 0.05) is 5.92 Å². The summed E-state index contributed by atoms with van der Waals surface area (Å²) in [5.41, 5.74) is 5.80.